The molecule has 0 aromatic rings. The van der Waals surface area contributed by atoms with Gasteiger partial charge >= 0.3 is 0 Å². The van der Waals surface area contributed by atoms with Crippen molar-refractivity contribution < 1.29 is 14.7 Å². The van der Waals surface area contributed by atoms with E-state index in [0.717, 1.165) is 12.8 Å². The minimum Gasteiger partial charge on any atom is -0.411 e. The SMILES string of the molecule is O/N=C\[C@@H]1COC2(CCCCC2)O1. The van der Waals surface area contributed by atoms with Gasteiger partial charge in [0, 0.05) is 12.8 Å². The van der Waals surface area contributed by atoms with Gasteiger partial charge in [-0.3, -0.25) is 0 Å². The summed E-state index contributed by atoms with van der Waals surface area (Å²) in [5, 5.41) is 11.3. The lowest BCUT2D eigenvalue weighted by molar-refractivity contribution is -0.181. The molecule has 74 valence electrons. The highest BCUT2D eigenvalue weighted by atomic mass is 16.7. The van der Waals surface area contributed by atoms with E-state index in [1.54, 1.807) is 0 Å². The second kappa shape index (κ2) is 3.64. The van der Waals surface area contributed by atoms with E-state index in [1.807, 2.05) is 0 Å². The summed E-state index contributed by atoms with van der Waals surface area (Å²) in [4.78, 5) is 0. The van der Waals surface area contributed by atoms with Crippen molar-refractivity contribution in [2.75, 3.05) is 6.61 Å². The lowest BCUT2D eigenvalue weighted by Gasteiger charge is -2.31. The molecule has 1 saturated heterocycles. The van der Waals surface area contributed by atoms with Crippen LogP contribution in [0.2, 0.25) is 0 Å². The van der Waals surface area contributed by atoms with Crippen LogP contribution in [0.15, 0.2) is 5.16 Å². The van der Waals surface area contributed by atoms with Crippen molar-refractivity contribution in [2.45, 2.75) is 44.0 Å². The van der Waals surface area contributed by atoms with Crippen molar-refractivity contribution in [1.82, 2.24) is 0 Å². The molecule has 2 aliphatic rings. The van der Waals surface area contributed by atoms with Gasteiger partial charge in [-0.1, -0.05) is 11.6 Å². The summed E-state index contributed by atoms with van der Waals surface area (Å²) in [5.74, 6) is -0.357. The Hall–Kier alpha value is -0.610. The van der Waals surface area contributed by atoms with E-state index in [-0.39, 0.29) is 11.9 Å². The van der Waals surface area contributed by atoms with E-state index >= 15 is 0 Å². The van der Waals surface area contributed by atoms with E-state index in [9.17, 15) is 0 Å². The van der Waals surface area contributed by atoms with Crippen molar-refractivity contribution in [3.63, 3.8) is 0 Å². The predicted molar refractivity (Wildman–Crippen MR) is 46.9 cm³/mol. The molecule has 1 saturated carbocycles. The Morgan fingerprint density at radius 3 is 2.77 bits per heavy atom. The fourth-order valence-electron chi connectivity index (χ4n) is 2.08. The second-order valence-corrected chi connectivity index (χ2v) is 3.70. The molecule has 2 rings (SSSR count). The number of rotatable bonds is 1. The molecule has 4 nitrogen and oxygen atoms in total. The molecule has 0 bridgehead atoms. The Morgan fingerprint density at radius 1 is 1.31 bits per heavy atom. The third-order valence-corrected chi connectivity index (χ3v) is 2.73. The first-order valence-electron chi connectivity index (χ1n) is 4.84. The van der Waals surface area contributed by atoms with Gasteiger partial charge in [-0.05, 0) is 12.8 Å². The maximum Gasteiger partial charge on any atom is 0.169 e. The Bertz CT molecular complexity index is 199. The number of hydrogen-bond donors (Lipinski definition) is 1. The molecule has 0 unspecified atom stereocenters. The third kappa shape index (κ3) is 1.84. The summed E-state index contributed by atoms with van der Waals surface area (Å²) in [6.45, 7) is 0.518. The fourth-order valence-corrected chi connectivity index (χ4v) is 2.08. The van der Waals surface area contributed by atoms with Crippen molar-refractivity contribution in [3.05, 3.63) is 0 Å². The molecule has 0 radical (unpaired) electrons. The van der Waals surface area contributed by atoms with E-state index in [1.165, 1.54) is 25.5 Å². The van der Waals surface area contributed by atoms with Gasteiger partial charge in [-0.15, -0.1) is 0 Å². The molecule has 1 heterocycles. The monoisotopic (exact) mass is 185 g/mol. The van der Waals surface area contributed by atoms with E-state index in [2.05, 4.69) is 5.16 Å². The molecule has 13 heavy (non-hydrogen) atoms. The van der Waals surface area contributed by atoms with Gasteiger partial charge in [-0.2, -0.15) is 0 Å². The molecule has 0 aromatic carbocycles. The largest absolute Gasteiger partial charge is 0.411 e. The average Bonchev–Trinajstić information content (AvgIpc) is 2.51. The molecule has 2 fully saturated rings. The highest BCUT2D eigenvalue weighted by molar-refractivity contribution is 5.62. The van der Waals surface area contributed by atoms with Crippen LogP contribution in [0, 0.1) is 0 Å². The first-order valence-corrected chi connectivity index (χ1v) is 4.84. The van der Waals surface area contributed by atoms with Crippen LogP contribution in [0.25, 0.3) is 0 Å². The Labute approximate surface area is 77.5 Å². The minimum absolute atomic E-state index is 0.164. The first-order chi connectivity index (χ1) is 6.35. The molecule has 1 aliphatic heterocycles. The van der Waals surface area contributed by atoms with Gasteiger partial charge in [0.2, 0.25) is 0 Å². The summed E-state index contributed by atoms with van der Waals surface area (Å²) in [5.41, 5.74) is 0. The van der Waals surface area contributed by atoms with E-state index in [4.69, 9.17) is 14.7 Å². The van der Waals surface area contributed by atoms with Crippen molar-refractivity contribution in [1.29, 1.82) is 0 Å². The zero-order valence-corrected chi connectivity index (χ0v) is 7.61. The normalized spacial score (nSPS) is 33.1. The smallest absolute Gasteiger partial charge is 0.169 e. The molecule has 1 atom stereocenters. The molecule has 4 heteroatoms. The van der Waals surface area contributed by atoms with Crippen molar-refractivity contribution >= 4 is 6.21 Å². The van der Waals surface area contributed by atoms with Crippen LogP contribution < -0.4 is 0 Å². The van der Waals surface area contributed by atoms with E-state index in [0.29, 0.717) is 6.61 Å². The van der Waals surface area contributed by atoms with Crippen LogP contribution in [0.5, 0.6) is 0 Å². The van der Waals surface area contributed by atoms with Crippen molar-refractivity contribution in [2.24, 2.45) is 5.16 Å². The standard InChI is InChI=1S/C9H15NO3/c11-10-6-8-7-12-9(13-8)4-2-1-3-5-9/h6,8,11H,1-5,7H2/b10-6-/t8-/m1/s1. The molecule has 0 amide bonds. The number of hydrogen-bond acceptors (Lipinski definition) is 4. The molecular weight excluding hydrogens is 170 g/mol. The first kappa shape index (κ1) is 8.97. The van der Waals surface area contributed by atoms with Crippen LogP contribution in [-0.2, 0) is 9.47 Å². The quantitative estimate of drug-likeness (QED) is 0.383. The van der Waals surface area contributed by atoms with Crippen LogP contribution in [0.3, 0.4) is 0 Å². The molecule has 0 aromatic heterocycles. The van der Waals surface area contributed by atoms with E-state index < -0.39 is 0 Å². The highest BCUT2D eigenvalue weighted by Crippen LogP contribution is 2.37. The van der Waals surface area contributed by atoms with Gasteiger partial charge in [0.15, 0.2) is 5.79 Å². The third-order valence-electron chi connectivity index (χ3n) is 2.73. The molecule has 1 aliphatic carbocycles. The summed E-state index contributed by atoms with van der Waals surface area (Å²) in [7, 11) is 0. The van der Waals surface area contributed by atoms with Gasteiger partial charge < -0.3 is 14.7 Å². The number of nitrogens with zero attached hydrogens (tertiary/aromatic N) is 1. The minimum atomic E-state index is -0.357. The predicted octanol–water partition coefficient (Wildman–Crippen LogP) is 1.52. The fraction of sp³-hybridized carbons (Fsp3) is 0.889. The summed E-state index contributed by atoms with van der Waals surface area (Å²) >= 11 is 0. The Balaban J connectivity index is 1.94. The Kier molecular flexibility index (Phi) is 2.51. The van der Waals surface area contributed by atoms with Crippen molar-refractivity contribution in [3.8, 4) is 0 Å². The lowest BCUT2D eigenvalue weighted by atomic mass is 9.94. The van der Waals surface area contributed by atoms with Crippen LogP contribution in [-0.4, -0.2) is 29.9 Å². The second-order valence-electron chi connectivity index (χ2n) is 3.70. The number of oxime groups is 1. The van der Waals surface area contributed by atoms with Gasteiger partial charge in [0.1, 0.15) is 6.10 Å². The zero-order valence-electron chi connectivity index (χ0n) is 7.61. The van der Waals surface area contributed by atoms with Crippen LogP contribution in [0.4, 0.5) is 0 Å². The maximum absolute atomic E-state index is 8.35. The summed E-state index contributed by atoms with van der Waals surface area (Å²) < 4.78 is 11.3. The zero-order chi connectivity index (χ0) is 9.15. The molecule has 1 spiro atoms. The lowest BCUT2D eigenvalue weighted by Crippen LogP contribution is -2.33. The molecule has 1 N–H and O–H groups in total. The van der Waals surface area contributed by atoms with Gasteiger partial charge in [-0.25, -0.2) is 0 Å². The Morgan fingerprint density at radius 2 is 2.08 bits per heavy atom. The summed E-state index contributed by atoms with van der Waals surface area (Å²) in [6, 6.07) is 0. The number of ether oxygens (including phenoxy) is 2. The highest BCUT2D eigenvalue weighted by Gasteiger charge is 2.41. The van der Waals surface area contributed by atoms with Gasteiger partial charge in [0.25, 0.3) is 0 Å². The maximum atomic E-state index is 8.35. The average molecular weight is 185 g/mol. The van der Waals surface area contributed by atoms with Crippen LogP contribution >= 0.6 is 0 Å². The molecular formula is C9H15NO3. The summed E-state index contributed by atoms with van der Waals surface area (Å²) in [6.07, 6.45) is 6.79. The topological polar surface area (TPSA) is 51.1 Å². The van der Waals surface area contributed by atoms with Gasteiger partial charge in [0.05, 0.1) is 12.8 Å². The van der Waals surface area contributed by atoms with Crippen LogP contribution in [0.1, 0.15) is 32.1 Å².